The number of ether oxygens (including phenoxy) is 1. The minimum atomic E-state index is -0.451. The predicted molar refractivity (Wildman–Crippen MR) is 78.4 cm³/mol. The monoisotopic (exact) mass is 290 g/mol. The molecule has 21 heavy (non-hydrogen) atoms. The molecule has 1 heterocycles. The van der Waals surface area contributed by atoms with Gasteiger partial charge in [-0.25, -0.2) is 4.79 Å². The highest BCUT2D eigenvalue weighted by Crippen LogP contribution is 2.27. The number of aryl methyl sites for hydroxylation is 2. The smallest absolute Gasteiger partial charge is 0.336 e. The van der Waals surface area contributed by atoms with Gasteiger partial charge in [-0.05, 0) is 44.4 Å². The summed E-state index contributed by atoms with van der Waals surface area (Å²) in [5.41, 5.74) is 1.28. The van der Waals surface area contributed by atoms with E-state index < -0.39 is 5.63 Å². The van der Waals surface area contributed by atoms with E-state index in [0.29, 0.717) is 17.6 Å². The number of carbonyl (C=O) groups excluding carboxylic acids is 1. The number of rotatable bonds is 4. The van der Waals surface area contributed by atoms with Crippen LogP contribution in [0.15, 0.2) is 27.4 Å². The molecule has 1 aromatic heterocycles. The molecule has 0 amide bonds. The van der Waals surface area contributed by atoms with Crippen molar-refractivity contribution in [2.45, 2.75) is 39.7 Å². The quantitative estimate of drug-likeness (QED) is 0.692. The summed E-state index contributed by atoms with van der Waals surface area (Å²) in [7, 11) is 0. The Morgan fingerprint density at radius 2 is 2.05 bits per heavy atom. The fraction of sp³-hybridized carbons (Fsp3) is 0.375. The number of hydrogen-bond acceptors (Lipinski definition) is 5. The number of esters is 1. The van der Waals surface area contributed by atoms with Crippen molar-refractivity contribution >= 4 is 16.9 Å². The summed E-state index contributed by atoms with van der Waals surface area (Å²) in [4.78, 5) is 22.9. The van der Waals surface area contributed by atoms with E-state index in [9.17, 15) is 14.7 Å². The number of fused-ring (bicyclic) bond motifs is 1. The standard InChI is InChI=1S/C16H18O5/c1-9(2)20-15(18)5-4-11-7-12-10(3)6-16(19)21-14(12)8-13(11)17/h6-9,17H,4-5H2,1-3H3. The van der Waals surface area contributed by atoms with E-state index in [1.165, 1.54) is 12.1 Å². The third-order valence-corrected chi connectivity index (χ3v) is 3.12. The Morgan fingerprint density at radius 3 is 2.71 bits per heavy atom. The molecule has 112 valence electrons. The third-order valence-electron chi connectivity index (χ3n) is 3.12. The van der Waals surface area contributed by atoms with Crippen LogP contribution >= 0.6 is 0 Å². The molecule has 2 rings (SSSR count). The SMILES string of the molecule is Cc1cc(=O)oc2cc(O)c(CCC(=O)OC(C)C)cc12. The number of phenolic OH excluding ortho intramolecular Hbond substituents is 1. The zero-order valence-corrected chi connectivity index (χ0v) is 12.3. The molecule has 0 bridgehead atoms. The number of aromatic hydroxyl groups is 1. The van der Waals surface area contributed by atoms with Crippen LogP contribution in [0.2, 0.25) is 0 Å². The van der Waals surface area contributed by atoms with Crippen LogP contribution in [0.25, 0.3) is 11.0 Å². The van der Waals surface area contributed by atoms with Gasteiger partial charge in [0.05, 0.1) is 6.10 Å². The van der Waals surface area contributed by atoms with Crippen LogP contribution in [0.1, 0.15) is 31.4 Å². The Hall–Kier alpha value is -2.30. The van der Waals surface area contributed by atoms with Crippen molar-refractivity contribution in [3.05, 3.63) is 39.7 Å². The molecule has 0 fully saturated rings. The first-order chi connectivity index (χ1) is 9.86. The Bertz CT molecular complexity index is 727. The third kappa shape index (κ3) is 3.62. The largest absolute Gasteiger partial charge is 0.508 e. The lowest BCUT2D eigenvalue weighted by atomic mass is 10.0. The molecule has 0 saturated heterocycles. The molecule has 0 atom stereocenters. The van der Waals surface area contributed by atoms with E-state index in [1.807, 2.05) is 0 Å². The van der Waals surface area contributed by atoms with E-state index in [-0.39, 0.29) is 24.2 Å². The molecule has 0 spiro atoms. The van der Waals surface area contributed by atoms with E-state index >= 15 is 0 Å². The molecule has 0 saturated carbocycles. The summed E-state index contributed by atoms with van der Waals surface area (Å²) in [6, 6.07) is 4.55. The number of benzene rings is 1. The highest BCUT2D eigenvalue weighted by molar-refractivity contribution is 5.82. The number of hydrogen-bond donors (Lipinski definition) is 1. The lowest BCUT2D eigenvalue weighted by Gasteiger charge is -2.09. The average Bonchev–Trinajstić information content (AvgIpc) is 2.35. The van der Waals surface area contributed by atoms with Gasteiger partial charge >= 0.3 is 11.6 Å². The van der Waals surface area contributed by atoms with Crippen LogP contribution in [0, 0.1) is 6.92 Å². The van der Waals surface area contributed by atoms with Gasteiger partial charge in [-0.2, -0.15) is 0 Å². The maximum absolute atomic E-state index is 11.5. The lowest BCUT2D eigenvalue weighted by Crippen LogP contribution is -2.12. The molecule has 1 N–H and O–H groups in total. The Labute approximate surface area is 122 Å². The molecule has 5 nitrogen and oxygen atoms in total. The summed E-state index contributed by atoms with van der Waals surface area (Å²) in [6.45, 7) is 5.38. The van der Waals surface area contributed by atoms with Gasteiger partial charge in [0.15, 0.2) is 0 Å². The molecule has 5 heteroatoms. The number of phenols is 1. The molecule has 0 aliphatic rings. The predicted octanol–water partition coefficient (Wildman–Crippen LogP) is 2.69. The molecule has 0 aliphatic carbocycles. The first-order valence-corrected chi connectivity index (χ1v) is 6.82. The van der Waals surface area contributed by atoms with Gasteiger partial charge in [0, 0.05) is 23.9 Å². The van der Waals surface area contributed by atoms with Gasteiger partial charge in [-0.1, -0.05) is 0 Å². The summed E-state index contributed by atoms with van der Waals surface area (Å²) in [5, 5.41) is 10.7. The second-order valence-electron chi connectivity index (χ2n) is 5.26. The zero-order chi connectivity index (χ0) is 15.6. The van der Waals surface area contributed by atoms with Crippen molar-refractivity contribution < 1.29 is 19.1 Å². The summed E-state index contributed by atoms with van der Waals surface area (Å²) >= 11 is 0. The van der Waals surface area contributed by atoms with E-state index in [0.717, 1.165) is 10.9 Å². The minimum Gasteiger partial charge on any atom is -0.508 e. The van der Waals surface area contributed by atoms with Gasteiger partial charge in [0.2, 0.25) is 0 Å². The molecule has 1 aromatic carbocycles. The molecular weight excluding hydrogens is 272 g/mol. The highest BCUT2D eigenvalue weighted by Gasteiger charge is 2.11. The Morgan fingerprint density at radius 1 is 1.33 bits per heavy atom. The van der Waals surface area contributed by atoms with Gasteiger partial charge in [-0.3, -0.25) is 4.79 Å². The second-order valence-corrected chi connectivity index (χ2v) is 5.26. The average molecular weight is 290 g/mol. The van der Waals surface area contributed by atoms with Crippen molar-refractivity contribution in [3.63, 3.8) is 0 Å². The molecule has 0 radical (unpaired) electrons. The zero-order valence-electron chi connectivity index (χ0n) is 12.3. The highest BCUT2D eigenvalue weighted by atomic mass is 16.5. The van der Waals surface area contributed by atoms with E-state index in [1.54, 1.807) is 26.8 Å². The fourth-order valence-corrected chi connectivity index (χ4v) is 2.16. The van der Waals surface area contributed by atoms with Gasteiger partial charge < -0.3 is 14.3 Å². The van der Waals surface area contributed by atoms with Gasteiger partial charge in [0.1, 0.15) is 11.3 Å². The van der Waals surface area contributed by atoms with Crippen molar-refractivity contribution in [3.8, 4) is 5.75 Å². The lowest BCUT2D eigenvalue weighted by molar-refractivity contribution is -0.147. The topological polar surface area (TPSA) is 76.7 Å². The first kappa shape index (κ1) is 15.1. The minimum absolute atomic E-state index is 0.00796. The Kier molecular flexibility index (Phi) is 4.31. The Balaban J connectivity index is 2.27. The van der Waals surface area contributed by atoms with E-state index in [4.69, 9.17) is 9.15 Å². The van der Waals surface area contributed by atoms with Crippen LogP contribution in [0.5, 0.6) is 5.75 Å². The fourth-order valence-electron chi connectivity index (χ4n) is 2.16. The van der Waals surface area contributed by atoms with Gasteiger partial charge in [-0.15, -0.1) is 0 Å². The first-order valence-electron chi connectivity index (χ1n) is 6.82. The normalized spacial score (nSPS) is 11.0. The van der Waals surface area contributed by atoms with Gasteiger partial charge in [0.25, 0.3) is 0 Å². The van der Waals surface area contributed by atoms with Crippen molar-refractivity contribution in [1.82, 2.24) is 0 Å². The maximum Gasteiger partial charge on any atom is 0.336 e. The van der Waals surface area contributed by atoms with Crippen molar-refractivity contribution in [2.75, 3.05) is 0 Å². The van der Waals surface area contributed by atoms with Crippen molar-refractivity contribution in [2.24, 2.45) is 0 Å². The van der Waals surface area contributed by atoms with Crippen LogP contribution in [0.4, 0.5) is 0 Å². The van der Waals surface area contributed by atoms with Crippen LogP contribution in [-0.2, 0) is 16.0 Å². The molecular formula is C16H18O5. The van der Waals surface area contributed by atoms with Crippen molar-refractivity contribution in [1.29, 1.82) is 0 Å². The van der Waals surface area contributed by atoms with Crippen LogP contribution in [0.3, 0.4) is 0 Å². The summed E-state index contributed by atoms with van der Waals surface area (Å²) in [6.07, 6.45) is 0.401. The molecule has 0 unspecified atom stereocenters. The molecule has 0 aliphatic heterocycles. The number of carbonyl (C=O) groups is 1. The van der Waals surface area contributed by atoms with Crippen LogP contribution in [-0.4, -0.2) is 17.2 Å². The second kappa shape index (κ2) is 5.99. The maximum atomic E-state index is 11.5. The van der Waals surface area contributed by atoms with E-state index in [2.05, 4.69) is 0 Å². The molecule has 2 aromatic rings. The summed E-state index contributed by atoms with van der Waals surface area (Å²) in [5.74, 6) is -0.297. The van der Waals surface area contributed by atoms with Crippen LogP contribution < -0.4 is 5.63 Å². The summed E-state index contributed by atoms with van der Waals surface area (Å²) < 4.78 is 10.1.